The van der Waals surface area contributed by atoms with E-state index in [1.807, 2.05) is 56.3 Å². The average Bonchev–Trinajstić information content (AvgIpc) is 3.02. The number of rotatable bonds is 5. The van der Waals surface area contributed by atoms with E-state index in [2.05, 4.69) is 24.2 Å². The SMILES string of the molecule is COc1ccc(C)cc1-n1nnc(S(=O)c2ccc(C(C)C)cc2)c1C. The Kier molecular flexibility index (Phi) is 5.23. The predicted molar refractivity (Wildman–Crippen MR) is 103 cm³/mol. The Morgan fingerprint density at radius 2 is 1.77 bits per heavy atom. The fourth-order valence-electron chi connectivity index (χ4n) is 2.77. The summed E-state index contributed by atoms with van der Waals surface area (Å²) in [5, 5.41) is 8.87. The van der Waals surface area contributed by atoms with Crippen LogP contribution in [0.25, 0.3) is 5.69 Å². The maximum atomic E-state index is 13.0. The molecule has 1 unspecified atom stereocenters. The van der Waals surface area contributed by atoms with E-state index in [0.717, 1.165) is 21.8 Å². The standard InChI is InChI=1S/C20H23N3O2S/c1-13(2)16-7-9-17(10-8-16)26(24)20-15(4)23(22-21-20)18-12-14(3)6-11-19(18)25-5/h6-13H,1-5H3. The summed E-state index contributed by atoms with van der Waals surface area (Å²) in [5.41, 5.74) is 3.83. The Bertz CT molecular complexity index is 946. The van der Waals surface area contributed by atoms with Crippen LogP contribution in [0.5, 0.6) is 5.75 Å². The Morgan fingerprint density at radius 1 is 1.08 bits per heavy atom. The van der Waals surface area contributed by atoms with Gasteiger partial charge in [0.05, 0.1) is 12.8 Å². The van der Waals surface area contributed by atoms with Gasteiger partial charge in [-0.05, 0) is 55.2 Å². The Balaban J connectivity index is 1.99. The molecule has 26 heavy (non-hydrogen) atoms. The molecule has 2 aromatic carbocycles. The smallest absolute Gasteiger partial charge is 0.177 e. The van der Waals surface area contributed by atoms with Crippen LogP contribution in [0.4, 0.5) is 0 Å². The molecule has 1 aromatic heterocycles. The lowest BCUT2D eigenvalue weighted by Gasteiger charge is -2.10. The van der Waals surface area contributed by atoms with E-state index in [-0.39, 0.29) is 0 Å². The average molecular weight is 369 g/mol. The zero-order chi connectivity index (χ0) is 18.8. The molecule has 0 aliphatic carbocycles. The third-order valence-electron chi connectivity index (χ3n) is 4.35. The summed E-state index contributed by atoms with van der Waals surface area (Å²) in [7, 11) is 0.239. The molecule has 0 bridgehead atoms. The second kappa shape index (κ2) is 7.41. The van der Waals surface area contributed by atoms with Gasteiger partial charge in [0.2, 0.25) is 0 Å². The number of ether oxygens (including phenoxy) is 1. The number of nitrogens with zero attached hydrogens (tertiary/aromatic N) is 3. The van der Waals surface area contributed by atoms with Gasteiger partial charge in [-0.1, -0.05) is 37.3 Å². The lowest BCUT2D eigenvalue weighted by atomic mass is 10.0. The van der Waals surface area contributed by atoms with Gasteiger partial charge in [0.25, 0.3) is 0 Å². The number of hydrogen-bond acceptors (Lipinski definition) is 4. The monoisotopic (exact) mass is 369 g/mol. The summed E-state index contributed by atoms with van der Waals surface area (Å²) in [4.78, 5) is 0.723. The van der Waals surface area contributed by atoms with E-state index in [9.17, 15) is 4.21 Å². The lowest BCUT2D eigenvalue weighted by molar-refractivity contribution is 0.411. The number of methoxy groups -OCH3 is 1. The van der Waals surface area contributed by atoms with Crippen LogP contribution in [-0.4, -0.2) is 26.3 Å². The Hall–Kier alpha value is -2.47. The predicted octanol–water partition coefficient (Wildman–Crippen LogP) is 4.18. The van der Waals surface area contributed by atoms with Gasteiger partial charge in [-0.15, -0.1) is 5.10 Å². The molecule has 3 aromatic rings. The number of hydrogen-bond donors (Lipinski definition) is 0. The van der Waals surface area contributed by atoms with Crippen LogP contribution >= 0.6 is 0 Å². The molecule has 3 rings (SSSR count). The van der Waals surface area contributed by atoms with Crippen molar-refractivity contribution in [3.63, 3.8) is 0 Å². The fraction of sp³-hybridized carbons (Fsp3) is 0.300. The highest BCUT2D eigenvalue weighted by atomic mass is 32.2. The highest BCUT2D eigenvalue weighted by Gasteiger charge is 2.19. The van der Waals surface area contributed by atoms with Crippen LogP contribution < -0.4 is 4.74 Å². The van der Waals surface area contributed by atoms with Crippen LogP contribution in [0.1, 0.15) is 36.6 Å². The summed E-state index contributed by atoms with van der Waals surface area (Å²) in [6.07, 6.45) is 0. The summed E-state index contributed by atoms with van der Waals surface area (Å²) >= 11 is 0. The van der Waals surface area contributed by atoms with Crippen molar-refractivity contribution in [2.45, 2.75) is 43.5 Å². The van der Waals surface area contributed by atoms with Crippen molar-refractivity contribution in [1.82, 2.24) is 15.0 Å². The molecule has 0 N–H and O–H groups in total. The molecule has 0 spiro atoms. The first-order chi connectivity index (χ1) is 12.4. The summed E-state index contributed by atoms with van der Waals surface area (Å²) < 4.78 is 20.1. The highest BCUT2D eigenvalue weighted by molar-refractivity contribution is 7.85. The van der Waals surface area contributed by atoms with Crippen LogP contribution in [0, 0.1) is 13.8 Å². The van der Waals surface area contributed by atoms with Gasteiger partial charge < -0.3 is 4.74 Å². The molecule has 0 saturated carbocycles. The molecule has 1 heterocycles. The minimum Gasteiger partial charge on any atom is -0.494 e. The first-order valence-electron chi connectivity index (χ1n) is 8.51. The third kappa shape index (κ3) is 3.42. The molecule has 0 saturated heterocycles. The van der Waals surface area contributed by atoms with E-state index in [4.69, 9.17) is 4.74 Å². The molecule has 0 aliphatic heterocycles. The second-order valence-corrected chi connectivity index (χ2v) is 7.96. The van der Waals surface area contributed by atoms with Gasteiger partial charge in [0.1, 0.15) is 22.2 Å². The first kappa shape index (κ1) is 18.3. The van der Waals surface area contributed by atoms with Crippen molar-refractivity contribution in [1.29, 1.82) is 0 Å². The molecular weight excluding hydrogens is 346 g/mol. The van der Waals surface area contributed by atoms with E-state index in [1.165, 1.54) is 5.56 Å². The summed E-state index contributed by atoms with van der Waals surface area (Å²) in [6, 6.07) is 13.7. The van der Waals surface area contributed by atoms with Gasteiger partial charge in [-0.3, -0.25) is 0 Å². The van der Waals surface area contributed by atoms with Crippen LogP contribution in [-0.2, 0) is 10.8 Å². The first-order valence-corrected chi connectivity index (χ1v) is 9.66. The molecule has 0 aliphatic rings. The van der Waals surface area contributed by atoms with Crippen LogP contribution in [0.2, 0.25) is 0 Å². The minimum absolute atomic E-state index is 0.439. The molecule has 0 radical (unpaired) electrons. The highest BCUT2D eigenvalue weighted by Crippen LogP contribution is 2.27. The van der Waals surface area contributed by atoms with Crippen LogP contribution in [0.15, 0.2) is 52.4 Å². The summed E-state index contributed by atoms with van der Waals surface area (Å²) in [5.74, 6) is 1.14. The van der Waals surface area contributed by atoms with Gasteiger partial charge in [-0.2, -0.15) is 0 Å². The molecule has 1 atom stereocenters. The van der Waals surface area contributed by atoms with E-state index in [0.29, 0.717) is 16.7 Å². The normalized spacial score (nSPS) is 12.4. The number of benzene rings is 2. The third-order valence-corrected chi connectivity index (χ3v) is 5.78. The zero-order valence-corrected chi connectivity index (χ0v) is 16.5. The van der Waals surface area contributed by atoms with Gasteiger partial charge >= 0.3 is 0 Å². The maximum absolute atomic E-state index is 13.0. The van der Waals surface area contributed by atoms with E-state index < -0.39 is 10.8 Å². The zero-order valence-electron chi connectivity index (χ0n) is 15.7. The van der Waals surface area contributed by atoms with E-state index in [1.54, 1.807) is 11.8 Å². The maximum Gasteiger partial charge on any atom is 0.177 e. The molecular formula is C20H23N3O2S. The van der Waals surface area contributed by atoms with Crippen molar-refractivity contribution >= 4 is 10.8 Å². The largest absolute Gasteiger partial charge is 0.494 e. The molecule has 0 fully saturated rings. The lowest BCUT2D eigenvalue weighted by Crippen LogP contribution is -2.03. The van der Waals surface area contributed by atoms with E-state index >= 15 is 0 Å². The van der Waals surface area contributed by atoms with Gasteiger partial charge in [-0.25, -0.2) is 8.89 Å². The quantitative estimate of drug-likeness (QED) is 0.677. The Morgan fingerprint density at radius 3 is 2.38 bits per heavy atom. The van der Waals surface area contributed by atoms with Crippen molar-refractivity contribution in [2.75, 3.05) is 7.11 Å². The topological polar surface area (TPSA) is 57.0 Å². The molecule has 0 amide bonds. The van der Waals surface area contributed by atoms with Crippen molar-refractivity contribution in [2.24, 2.45) is 0 Å². The van der Waals surface area contributed by atoms with Gasteiger partial charge in [0.15, 0.2) is 5.03 Å². The molecule has 5 nitrogen and oxygen atoms in total. The Labute approximate surface area is 156 Å². The molecule has 136 valence electrons. The fourth-order valence-corrected chi connectivity index (χ4v) is 3.84. The van der Waals surface area contributed by atoms with Crippen molar-refractivity contribution < 1.29 is 8.95 Å². The van der Waals surface area contributed by atoms with Gasteiger partial charge in [0, 0.05) is 4.90 Å². The number of aryl methyl sites for hydroxylation is 1. The van der Waals surface area contributed by atoms with Crippen molar-refractivity contribution in [3.8, 4) is 11.4 Å². The van der Waals surface area contributed by atoms with Crippen LogP contribution in [0.3, 0.4) is 0 Å². The number of aromatic nitrogens is 3. The molecule has 6 heteroatoms. The minimum atomic E-state index is -1.38. The van der Waals surface area contributed by atoms with Crippen molar-refractivity contribution in [3.05, 3.63) is 59.3 Å². The summed E-state index contributed by atoms with van der Waals surface area (Å²) in [6.45, 7) is 8.15. The second-order valence-electron chi connectivity index (χ2n) is 6.56.